The summed E-state index contributed by atoms with van der Waals surface area (Å²) in [4.78, 5) is 42.4. The van der Waals surface area contributed by atoms with Crippen molar-refractivity contribution in [3.05, 3.63) is 54.1 Å². The predicted octanol–water partition coefficient (Wildman–Crippen LogP) is 5.26. The summed E-state index contributed by atoms with van der Waals surface area (Å²) in [5, 5.41) is 16.4. The Morgan fingerprint density at radius 2 is 1.69 bits per heavy atom. The summed E-state index contributed by atoms with van der Waals surface area (Å²) in [5.41, 5.74) is 0.0798. The molecular weight excluding hydrogens is 498 g/mol. The number of hydrogen-bond donors (Lipinski definition) is 3. The molecule has 0 spiro atoms. The Balaban J connectivity index is 2.02. The molecule has 1 fully saturated rings. The highest BCUT2D eigenvalue weighted by Crippen LogP contribution is 2.42. The first kappa shape index (κ1) is 29.8. The molecule has 1 saturated carbocycles. The van der Waals surface area contributed by atoms with Gasteiger partial charge in [0.25, 0.3) is 5.91 Å². The Bertz CT molecular complexity index is 1160. The Morgan fingerprint density at radius 3 is 2.21 bits per heavy atom. The van der Waals surface area contributed by atoms with Crippen molar-refractivity contribution in [2.75, 3.05) is 12.4 Å². The summed E-state index contributed by atoms with van der Waals surface area (Å²) in [6.07, 6.45) is 0.350. The average Bonchev–Trinajstić information content (AvgIpc) is 3.56. The summed E-state index contributed by atoms with van der Waals surface area (Å²) >= 11 is 0. The lowest BCUT2D eigenvalue weighted by Gasteiger charge is -2.35. The van der Waals surface area contributed by atoms with E-state index in [4.69, 9.17) is 9.47 Å². The Labute approximate surface area is 230 Å². The van der Waals surface area contributed by atoms with Gasteiger partial charge in [0.2, 0.25) is 5.91 Å². The van der Waals surface area contributed by atoms with Crippen molar-refractivity contribution in [3.8, 4) is 11.5 Å². The number of methoxy groups -OCH3 is 1. The molecule has 2 aromatic carbocycles. The van der Waals surface area contributed by atoms with Crippen LogP contribution in [0.2, 0.25) is 0 Å². The Morgan fingerprint density at radius 1 is 1.08 bits per heavy atom. The number of aromatic hydroxyl groups is 1. The van der Waals surface area contributed by atoms with E-state index in [1.54, 1.807) is 70.3 Å². The smallest absolute Gasteiger partial charge is 0.408 e. The maximum atomic E-state index is 14.3. The first-order valence-electron chi connectivity index (χ1n) is 13.3. The third kappa shape index (κ3) is 8.12. The number of nitrogens with zero attached hydrogens (tertiary/aromatic N) is 1. The minimum absolute atomic E-state index is 0.0732. The molecule has 0 radical (unpaired) electrons. The van der Waals surface area contributed by atoms with Crippen LogP contribution in [0.4, 0.5) is 10.5 Å². The molecule has 4 unspecified atom stereocenters. The van der Waals surface area contributed by atoms with Gasteiger partial charge >= 0.3 is 6.09 Å². The summed E-state index contributed by atoms with van der Waals surface area (Å²) in [6, 6.07) is 11.1. The molecule has 9 heteroatoms. The van der Waals surface area contributed by atoms with Crippen LogP contribution in [0.1, 0.15) is 66.0 Å². The molecule has 0 aliphatic heterocycles. The van der Waals surface area contributed by atoms with E-state index in [1.807, 2.05) is 20.8 Å². The number of rotatable bonds is 10. The molecule has 9 nitrogen and oxygen atoms in total. The number of alkyl carbamates (subject to hydrolysis) is 1. The van der Waals surface area contributed by atoms with Gasteiger partial charge in [-0.25, -0.2) is 4.79 Å². The molecular formula is C30H41N3O6. The SMILES string of the molecule is COc1ccc(NC(=O)C(c2ccccc2O)N(C(=O)C(CC(C)C)NC(=O)OC(C)(C)C)C2CC2C)cc1. The number of benzene rings is 2. The molecule has 3 rings (SSSR count). The monoisotopic (exact) mass is 539 g/mol. The zero-order chi connectivity index (χ0) is 28.9. The second-order valence-corrected chi connectivity index (χ2v) is 11.5. The molecule has 1 aliphatic rings. The van der Waals surface area contributed by atoms with Crippen LogP contribution in [0.3, 0.4) is 0 Å². The van der Waals surface area contributed by atoms with Gasteiger partial charge in [0, 0.05) is 17.3 Å². The highest BCUT2D eigenvalue weighted by atomic mass is 16.6. The van der Waals surface area contributed by atoms with Crippen LogP contribution in [-0.2, 0) is 14.3 Å². The van der Waals surface area contributed by atoms with Gasteiger partial charge in [-0.2, -0.15) is 0 Å². The van der Waals surface area contributed by atoms with Gasteiger partial charge in [-0.3, -0.25) is 9.59 Å². The molecule has 3 amide bonds. The van der Waals surface area contributed by atoms with Gasteiger partial charge in [0.05, 0.1) is 7.11 Å². The topological polar surface area (TPSA) is 117 Å². The van der Waals surface area contributed by atoms with Crippen LogP contribution in [0.15, 0.2) is 48.5 Å². The first-order chi connectivity index (χ1) is 18.3. The molecule has 212 valence electrons. The maximum Gasteiger partial charge on any atom is 0.408 e. The van der Waals surface area contributed by atoms with Gasteiger partial charge in [0.15, 0.2) is 0 Å². The van der Waals surface area contributed by atoms with Crippen LogP contribution in [-0.4, -0.2) is 52.7 Å². The summed E-state index contributed by atoms with van der Waals surface area (Å²) < 4.78 is 10.6. The van der Waals surface area contributed by atoms with E-state index in [0.29, 0.717) is 29.8 Å². The molecule has 4 atom stereocenters. The fourth-order valence-electron chi connectivity index (χ4n) is 4.52. The van der Waals surface area contributed by atoms with E-state index in [9.17, 15) is 19.5 Å². The number of phenols is 1. The van der Waals surface area contributed by atoms with Crippen molar-refractivity contribution in [3.63, 3.8) is 0 Å². The van der Waals surface area contributed by atoms with Gasteiger partial charge in [-0.15, -0.1) is 0 Å². The quantitative estimate of drug-likeness (QED) is 0.379. The van der Waals surface area contributed by atoms with Gasteiger partial charge < -0.3 is 30.1 Å². The van der Waals surface area contributed by atoms with Crippen LogP contribution < -0.4 is 15.4 Å². The predicted molar refractivity (Wildman–Crippen MR) is 149 cm³/mol. The Kier molecular flexibility index (Phi) is 9.48. The van der Waals surface area contributed by atoms with Crippen molar-refractivity contribution in [1.29, 1.82) is 0 Å². The lowest BCUT2D eigenvalue weighted by Crippen LogP contribution is -2.53. The molecule has 1 aliphatic carbocycles. The molecule has 39 heavy (non-hydrogen) atoms. The van der Waals surface area contributed by atoms with Crippen LogP contribution >= 0.6 is 0 Å². The number of nitrogens with one attached hydrogen (secondary N) is 2. The number of para-hydroxylation sites is 1. The van der Waals surface area contributed by atoms with Crippen molar-refractivity contribution >= 4 is 23.6 Å². The minimum atomic E-state index is -1.13. The fourth-order valence-corrected chi connectivity index (χ4v) is 4.52. The van der Waals surface area contributed by atoms with Crippen molar-refractivity contribution in [1.82, 2.24) is 10.2 Å². The highest BCUT2D eigenvalue weighted by molar-refractivity contribution is 5.99. The third-order valence-corrected chi connectivity index (χ3v) is 6.49. The highest BCUT2D eigenvalue weighted by Gasteiger charge is 2.48. The zero-order valence-electron chi connectivity index (χ0n) is 23.9. The number of anilines is 1. The largest absolute Gasteiger partial charge is 0.508 e. The third-order valence-electron chi connectivity index (χ3n) is 6.49. The fraction of sp³-hybridized carbons (Fsp3) is 0.500. The van der Waals surface area contributed by atoms with Crippen molar-refractivity contribution in [2.24, 2.45) is 11.8 Å². The lowest BCUT2D eigenvalue weighted by atomic mass is 9.98. The van der Waals surface area contributed by atoms with Gasteiger partial charge in [0.1, 0.15) is 29.2 Å². The molecule has 0 saturated heterocycles. The van der Waals surface area contributed by atoms with Crippen LogP contribution in [0.25, 0.3) is 0 Å². The summed E-state index contributed by atoms with van der Waals surface area (Å²) in [5.74, 6) is -0.115. The number of carbonyl (C=O) groups is 3. The van der Waals surface area contributed by atoms with Gasteiger partial charge in [-0.05, 0) is 75.8 Å². The molecule has 0 aromatic heterocycles. The lowest BCUT2D eigenvalue weighted by molar-refractivity contribution is -0.142. The van der Waals surface area contributed by atoms with E-state index in [-0.39, 0.29) is 23.6 Å². The standard InChI is InChI=1S/C30H41N3O6/c1-18(2)16-23(32-29(37)39-30(4,5)6)28(36)33(24-17-19(24)3)26(22-10-8-9-11-25(22)34)27(35)31-20-12-14-21(38-7)15-13-20/h8-15,18-19,23-24,26,34H,16-17H2,1-7H3,(H,31,35)(H,32,37). The van der Waals surface area contributed by atoms with E-state index in [2.05, 4.69) is 10.6 Å². The summed E-state index contributed by atoms with van der Waals surface area (Å²) in [6.45, 7) is 11.2. The van der Waals surface area contributed by atoms with E-state index in [1.165, 1.54) is 11.0 Å². The summed E-state index contributed by atoms with van der Waals surface area (Å²) in [7, 11) is 1.56. The van der Waals surface area contributed by atoms with Crippen LogP contribution in [0.5, 0.6) is 11.5 Å². The van der Waals surface area contributed by atoms with E-state index >= 15 is 0 Å². The van der Waals surface area contributed by atoms with E-state index < -0.39 is 35.6 Å². The minimum Gasteiger partial charge on any atom is -0.508 e. The van der Waals surface area contributed by atoms with E-state index in [0.717, 1.165) is 0 Å². The van der Waals surface area contributed by atoms with Crippen molar-refractivity contribution in [2.45, 2.75) is 78.1 Å². The normalized spacial score (nSPS) is 18.1. The molecule has 2 aromatic rings. The number of hydrogen-bond acceptors (Lipinski definition) is 6. The number of amides is 3. The number of ether oxygens (including phenoxy) is 2. The molecule has 0 heterocycles. The van der Waals surface area contributed by atoms with Crippen molar-refractivity contribution < 1.29 is 29.0 Å². The first-order valence-corrected chi connectivity index (χ1v) is 13.3. The maximum absolute atomic E-state index is 14.3. The second kappa shape index (κ2) is 12.4. The average molecular weight is 540 g/mol. The van der Waals surface area contributed by atoms with Crippen LogP contribution in [0, 0.1) is 11.8 Å². The zero-order valence-corrected chi connectivity index (χ0v) is 23.9. The Hall–Kier alpha value is -3.75. The molecule has 3 N–H and O–H groups in total. The second-order valence-electron chi connectivity index (χ2n) is 11.5. The number of carbonyl (C=O) groups excluding carboxylic acids is 3. The van der Waals surface area contributed by atoms with Gasteiger partial charge in [-0.1, -0.05) is 39.0 Å². The number of phenolic OH excluding ortho intramolecular Hbond substituents is 1. The molecule has 0 bridgehead atoms.